The van der Waals surface area contributed by atoms with Crippen molar-refractivity contribution in [2.24, 2.45) is 0 Å². The number of nitrogens with one attached hydrogen (secondary N) is 2. The molecule has 2 rings (SSSR count). The average molecular weight is 286 g/mol. The molecule has 0 atom stereocenters. The molecule has 0 aliphatic heterocycles. The first-order valence-corrected chi connectivity index (χ1v) is 5.76. The standard InChI is InChI=1S/C9H12BrN5O/c10-6-3-7(11)15-9(14-6)12-4-8(16)13-5-1-2-5/h3,5H,1-2,4H2,(H,13,16)(H3,11,12,14,15). The topological polar surface area (TPSA) is 92.9 Å². The fourth-order valence-corrected chi connectivity index (χ4v) is 1.58. The summed E-state index contributed by atoms with van der Waals surface area (Å²) in [6.45, 7) is 0.159. The van der Waals surface area contributed by atoms with Gasteiger partial charge in [0.25, 0.3) is 0 Å². The van der Waals surface area contributed by atoms with E-state index in [1.807, 2.05) is 0 Å². The lowest BCUT2D eigenvalue weighted by Gasteiger charge is -2.06. The van der Waals surface area contributed by atoms with E-state index in [9.17, 15) is 4.79 Å². The number of carbonyl (C=O) groups is 1. The Morgan fingerprint density at radius 1 is 1.56 bits per heavy atom. The second-order valence-electron chi connectivity index (χ2n) is 3.63. The van der Waals surface area contributed by atoms with Crippen LogP contribution >= 0.6 is 15.9 Å². The van der Waals surface area contributed by atoms with E-state index in [1.165, 1.54) is 0 Å². The SMILES string of the molecule is Nc1cc(Br)nc(NCC(=O)NC2CC2)n1. The van der Waals surface area contributed by atoms with Gasteiger partial charge in [0.05, 0.1) is 6.54 Å². The number of nitrogens with zero attached hydrogens (tertiary/aromatic N) is 2. The molecule has 1 aliphatic carbocycles. The number of nitrogens with two attached hydrogens (primary N) is 1. The van der Waals surface area contributed by atoms with Crippen LogP contribution in [0.5, 0.6) is 0 Å². The highest BCUT2D eigenvalue weighted by atomic mass is 79.9. The van der Waals surface area contributed by atoms with E-state index in [0.29, 0.717) is 22.4 Å². The van der Waals surface area contributed by atoms with E-state index in [4.69, 9.17) is 5.73 Å². The normalized spacial score (nSPS) is 14.6. The second kappa shape index (κ2) is 4.65. The third-order valence-electron chi connectivity index (χ3n) is 2.06. The van der Waals surface area contributed by atoms with E-state index >= 15 is 0 Å². The van der Waals surface area contributed by atoms with Crippen LogP contribution in [-0.2, 0) is 4.79 Å². The highest BCUT2D eigenvalue weighted by molar-refractivity contribution is 9.10. The first kappa shape index (κ1) is 11.1. The number of hydrogen-bond acceptors (Lipinski definition) is 5. The number of halogens is 1. The summed E-state index contributed by atoms with van der Waals surface area (Å²) in [6, 6.07) is 1.96. The number of nitrogen functional groups attached to an aromatic ring is 1. The smallest absolute Gasteiger partial charge is 0.239 e. The zero-order chi connectivity index (χ0) is 11.5. The van der Waals surface area contributed by atoms with Gasteiger partial charge < -0.3 is 16.4 Å². The molecule has 0 spiro atoms. The molecule has 1 aliphatic rings. The molecule has 1 fully saturated rings. The lowest BCUT2D eigenvalue weighted by molar-refractivity contribution is -0.119. The van der Waals surface area contributed by atoms with Gasteiger partial charge in [-0.15, -0.1) is 0 Å². The molecule has 0 saturated heterocycles. The molecule has 4 N–H and O–H groups in total. The molecule has 1 saturated carbocycles. The van der Waals surface area contributed by atoms with Crippen molar-refractivity contribution in [3.63, 3.8) is 0 Å². The van der Waals surface area contributed by atoms with Gasteiger partial charge in [0.1, 0.15) is 10.4 Å². The Morgan fingerprint density at radius 3 is 2.94 bits per heavy atom. The van der Waals surface area contributed by atoms with Gasteiger partial charge in [-0.25, -0.2) is 4.98 Å². The van der Waals surface area contributed by atoms with Crippen LogP contribution in [-0.4, -0.2) is 28.5 Å². The molecule has 0 bridgehead atoms. The highest BCUT2D eigenvalue weighted by Crippen LogP contribution is 2.18. The van der Waals surface area contributed by atoms with Gasteiger partial charge in [0.15, 0.2) is 0 Å². The number of anilines is 2. The Kier molecular flexibility index (Phi) is 3.23. The minimum absolute atomic E-state index is 0.0513. The number of rotatable bonds is 4. The van der Waals surface area contributed by atoms with Crippen molar-refractivity contribution in [2.45, 2.75) is 18.9 Å². The van der Waals surface area contributed by atoms with E-state index in [0.717, 1.165) is 12.8 Å². The minimum atomic E-state index is -0.0513. The molecule has 6 nitrogen and oxygen atoms in total. The average Bonchev–Trinajstić information content (AvgIpc) is 2.97. The molecule has 86 valence electrons. The predicted molar refractivity (Wildman–Crippen MR) is 63.8 cm³/mol. The van der Waals surface area contributed by atoms with Crippen LogP contribution in [0.4, 0.5) is 11.8 Å². The lowest BCUT2D eigenvalue weighted by atomic mass is 10.5. The Morgan fingerprint density at radius 2 is 2.31 bits per heavy atom. The monoisotopic (exact) mass is 285 g/mol. The fraction of sp³-hybridized carbons (Fsp3) is 0.444. The maximum Gasteiger partial charge on any atom is 0.239 e. The van der Waals surface area contributed by atoms with Gasteiger partial charge in [-0.3, -0.25) is 4.79 Å². The molecule has 1 heterocycles. The summed E-state index contributed by atoms with van der Waals surface area (Å²) >= 11 is 3.20. The maximum absolute atomic E-state index is 11.4. The van der Waals surface area contributed by atoms with Gasteiger partial charge in [0, 0.05) is 12.1 Å². The lowest BCUT2D eigenvalue weighted by Crippen LogP contribution is -2.31. The summed E-state index contributed by atoms with van der Waals surface area (Å²) in [5.74, 6) is 0.648. The Hall–Kier alpha value is -1.37. The van der Waals surface area contributed by atoms with Crippen molar-refractivity contribution in [1.29, 1.82) is 0 Å². The highest BCUT2D eigenvalue weighted by Gasteiger charge is 2.22. The van der Waals surface area contributed by atoms with Crippen molar-refractivity contribution >= 4 is 33.6 Å². The third kappa shape index (κ3) is 3.34. The number of hydrogen-bond donors (Lipinski definition) is 3. The van der Waals surface area contributed by atoms with Crippen molar-refractivity contribution in [2.75, 3.05) is 17.6 Å². The molecule has 0 unspecified atom stereocenters. The van der Waals surface area contributed by atoms with Gasteiger partial charge in [-0.05, 0) is 28.8 Å². The van der Waals surface area contributed by atoms with Gasteiger partial charge in [0.2, 0.25) is 11.9 Å². The Labute approximate surface area is 101 Å². The minimum Gasteiger partial charge on any atom is -0.383 e. The van der Waals surface area contributed by atoms with Crippen molar-refractivity contribution in [3.8, 4) is 0 Å². The molecule has 7 heteroatoms. The molecule has 0 radical (unpaired) electrons. The summed E-state index contributed by atoms with van der Waals surface area (Å²) in [5.41, 5.74) is 5.53. The van der Waals surface area contributed by atoms with Gasteiger partial charge in [-0.2, -0.15) is 4.98 Å². The fourth-order valence-electron chi connectivity index (χ4n) is 1.18. The quantitative estimate of drug-likeness (QED) is 0.701. The summed E-state index contributed by atoms with van der Waals surface area (Å²) < 4.78 is 0.588. The molecule has 16 heavy (non-hydrogen) atoms. The first-order chi connectivity index (χ1) is 7.63. The van der Waals surface area contributed by atoms with Crippen molar-refractivity contribution < 1.29 is 4.79 Å². The number of carbonyl (C=O) groups excluding carboxylic acids is 1. The Bertz CT molecular complexity index is 387. The summed E-state index contributed by atoms with van der Waals surface area (Å²) in [4.78, 5) is 19.3. The summed E-state index contributed by atoms with van der Waals surface area (Å²) in [6.07, 6.45) is 2.15. The van der Waals surface area contributed by atoms with E-state index < -0.39 is 0 Å². The summed E-state index contributed by atoms with van der Waals surface area (Å²) in [7, 11) is 0. The predicted octanol–water partition coefficient (Wildman–Crippen LogP) is 0.512. The number of amides is 1. The van der Waals surface area contributed by atoms with Crippen LogP contribution in [0, 0.1) is 0 Å². The van der Waals surface area contributed by atoms with Crippen LogP contribution < -0.4 is 16.4 Å². The van der Waals surface area contributed by atoms with E-state index in [1.54, 1.807) is 6.07 Å². The number of aromatic nitrogens is 2. The summed E-state index contributed by atoms with van der Waals surface area (Å²) in [5, 5.41) is 5.67. The molecular weight excluding hydrogens is 274 g/mol. The second-order valence-corrected chi connectivity index (χ2v) is 4.45. The molecular formula is C9H12BrN5O. The Balaban J connectivity index is 1.85. The van der Waals surface area contributed by atoms with Crippen LogP contribution in [0.15, 0.2) is 10.7 Å². The largest absolute Gasteiger partial charge is 0.383 e. The zero-order valence-corrected chi connectivity index (χ0v) is 10.1. The van der Waals surface area contributed by atoms with E-state index in [-0.39, 0.29) is 12.5 Å². The molecule has 1 aromatic heterocycles. The molecule has 1 amide bonds. The van der Waals surface area contributed by atoms with Crippen molar-refractivity contribution in [1.82, 2.24) is 15.3 Å². The third-order valence-corrected chi connectivity index (χ3v) is 2.47. The van der Waals surface area contributed by atoms with Gasteiger partial charge in [-0.1, -0.05) is 0 Å². The van der Waals surface area contributed by atoms with Crippen LogP contribution in [0.3, 0.4) is 0 Å². The zero-order valence-electron chi connectivity index (χ0n) is 8.53. The van der Waals surface area contributed by atoms with Crippen molar-refractivity contribution in [3.05, 3.63) is 10.7 Å². The molecule has 0 aromatic carbocycles. The first-order valence-electron chi connectivity index (χ1n) is 4.97. The van der Waals surface area contributed by atoms with Gasteiger partial charge >= 0.3 is 0 Å². The van der Waals surface area contributed by atoms with Crippen LogP contribution in [0.1, 0.15) is 12.8 Å². The van der Waals surface area contributed by atoms with E-state index in [2.05, 4.69) is 36.5 Å². The maximum atomic E-state index is 11.4. The van der Waals surface area contributed by atoms with Crippen LogP contribution in [0.25, 0.3) is 0 Å². The van der Waals surface area contributed by atoms with Crippen LogP contribution in [0.2, 0.25) is 0 Å². The molecule has 1 aromatic rings.